The van der Waals surface area contributed by atoms with Gasteiger partial charge in [0.15, 0.2) is 0 Å². The van der Waals surface area contributed by atoms with Gasteiger partial charge in [-0.25, -0.2) is 4.79 Å². The van der Waals surface area contributed by atoms with E-state index < -0.39 is 23.7 Å². The highest BCUT2D eigenvalue weighted by Crippen LogP contribution is 2.26. The SMILES string of the molecule is CC(C)(CC(=O)N[C@@H]1Cc2ccccc2CN(Cc2ccc(-c3ccccc3CNC(N)=O)cc2)C1=O)NC[C@H](O)CO. The largest absolute Gasteiger partial charge is 0.394 e. The highest BCUT2D eigenvalue weighted by molar-refractivity contribution is 5.89. The summed E-state index contributed by atoms with van der Waals surface area (Å²) in [4.78, 5) is 39.9. The first-order chi connectivity index (χ1) is 20.5. The third-order valence-corrected chi connectivity index (χ3v) is 7.59. The molecule has 2 atom stereocenters. The van der Waals surface area contributed by atoms with Crippen molar-refractivity contribution in [1.82, 2.24) is 20.9 Å². The number of benzene rings is 3. The predicted octanol–water partition coefficient (Wildman–Crippen LogP) is 2.20. The van der Waals surface area contributed by atoms with E-state index in [0.717, 1.165) is 33.4 Å². The summed E-state index contributed by atoms with van der Waals surface area (Å²) in [6.45, 7) is 4.57. The molecule has 3 aromatic rings. The number of carbonyl (C=O) groups excluding carboxylic acids is 3. The monoisotopic (exact) mass is 587 g/mol. The lowest BCUT2D eigenvalue weighted by Crippen LogP contribution is -2.51. The molecular formula is C33H41N5O5. The van der Waals surface area contributed by atoms with E-state index in [-0.39, 0.29) is 31.4 Å². The highest BCUT2D eigenvalue weighted by atomic mass is 16.3. The molecule has 4 rings (SSSR count). The van der Waals surface area contributed by atoms with Crippen molar-refractivity contribution in [2.75, 3.05) is 13.2 Å². The molecule has 0 saturated carbocycles. The van der Waals surface area contributed by atoms with Crippen LogP contribution in [0, 0.1) is 0 Å². The molecular weight excluding hydrogens is 546 g/mol. The molecule has 228 valence electrons. The van der Waals surface area contributed by atoms with Gasteiger partial charge in [-0.1, -0.05) is 72.8 Å². The zero-order chi connectivity index (χ0) is 31.0. The number of rotatable bonds is 12. The molecule has 4 amide bonds. The lowest BCUT2D eigenvalue weighted by atomic mass is 9.98. The molecule has 0 spiro atoms. The minimum atomic E-state index is -0.918. The number of carbonyl (C=O) groups is 3. The summed E-state index contributed by atoms with van der Waals surface area (Å²) < 4.78 is 0. The molecule has 43 heavy (non-hydrogen) atoms. The summed E-state index contributed by atoms with van der Waals surface area (Å²) in [5, 5.41) is 27.5. The summed E-state index contributed by atoms with van der Waals surface area (Å²) in [6.07, 6.45) is -0.434. The Balaban J connectivity index is 1.49. The first-order valence-electron chi connectivity index (χ1n) is 14.4. The third-order valence-electron chi connectivity index (χ3n) is 7.59. The van der Waals surface area contributed by atoms with E-state index >= 15 is 0 Å². The number of aliphatic hydroxyl groups excluding tert-OH is 2. The van der Waals surface area contributed by atoms with Crippen LogP contribution in [0.5, 0.6) is 0 Å². The van der Waals surface area contributed by atoms with E-state index in [2.05, 4.69) is 16.0 Å². The normalized spacial score (nSPS) is 15.8. The van der Waals surface area contributed by atoms with Crippen molar-refractivity contribution in [3.8, 4) is 11.1 Å². The van der Waals surface area contributed by atoms with Gasteiger partial charge in [-0.15, -0.1) is 0 Å². The summed E-state index contributed by atoms with van der Waals surface area (Å²) in [7, 11) is 0. The van der Waals surface area contributed by atoms with E-state index in [1.807, 2.05) is 86.6 Å². The van der Waals surface area contributed by atoms with Crippen LogP contribution in [-0.4, -0.2) is 63.8 Å². The van der Waals surface area contributed by atoms with Gasteiger partial charge in [-0.3, -0.25) is 9.59 Å². The van der Waals surface area contributed by atoms with Gasteiger partial charge in [0.05, 0.1) is 12.7 Å². The van der Waals surface area contributed by atoms with Crippen molar-refractivity contribution in [2.24, 2.45) is 5.73 Å². The molecule has 10 nitrogen and oxygen atoms in total. The smallest absolute Gasteiger partial charge is 0.312 e. The van der Waals surface area contributed by atoms with E-state index in [0.29, 0.717) is 26.1 Å². The number of nitrogens with two attached hydrogens (primary N) is 1. The number of fused-ring (bicyclic) bond motifs is 1. The summed E-state index contributed by atoms with van der Waals surface area (Å²) >= 11 is 0. The number of primary amides is 1. The average molecular weight is 588 g/mol. The van der Waals surface area contributed by atoms with Crippen molar-refractivity contribution in [3.63, 3.8) is 0 Å². The maximum atomic E-state index is 13.8. The van der Waals surface area contributed by atoms with Crippen LogP contribution in [0.4, 0.5) is 4.79 Å². The van der Waals surface area contributed by atoms with Gasteiger partial charge in [0.2, 0.25) is 11.8 Å². The maximum Gasteiger partial charge on any atom is 0.312 e. The third kappa shape index (κ3) is 8.87. The summed E-state index contributed by atoms with van der Waals surface area (Å²) in [5.74, 6) is -0.430. The Labute approximate surface area is 252 Å². The van der Waals surface area contributed by atoms with Crippen molar-refractivity contribution >= 4 is 17.8 Å². The van der Waals surface area contributed by atoms with Crippen molar-refractivity contribution in [1.29, 1.82) is 0 Å². The quantitative estimate of drug-likeness (QED) is 0.191. The van der Waals surface area contributed by atoms with Crippen LogP contribution in [0.15, 0.2) is 72.8 Å². The number of aliphatic hydroxyl groups is 2. The van der Waals surface area contributed by atoms with E-state index in [1.165, 1.54) is 0 Å². The second kappa shape index (κ2) is 14.3. The van der Waals surface area contributed by atoms with Crippen LogP contribution in [0.1, 0.15) is 42.5 Å². The molecule has 0 radical (unpaired) electrons. The van der Waals surface area contributed by atoms with Crippen LogP contribution >= 0.6 is 0 Å². The minimum Gasteiger partial charge on any atom is -0.394 e. The second-order valence-corrected chi connectivity index (χ2v) is 11.6. The van der Waals surface area contributed by atoms with Crippen LogP contribution in [0.3, 0.4) is 0 Å². The zero-order valence-corrected chi connectivity index (χ0v) is 24.7. The molecule has 0 aliphatic carbocycles. The van der Waals surface area contributed by atoms with E-state index in [9.17, 15) is 19.5 Å². The van der Waals surface area contributed by atoms with Crippen LogP contribution in [0.2, 0.25) is 0 Å². The number of nitrogens with one attached hydrogen (secondary N) is 3. The van der Waals surface area contributed by atoms with Crippen LogP contribution < -0.4 is 21.7 Å². The summed E-state index contributed by atoms with van der Waals surface area (Å²) in [6, 6.07) is 22.3. The Hall–Kier alpha value is -4.25. The van der Waals surface area contributed by atoms with Crippen molar-refractivity contribution in [3.05, 3.63) is 95.1 Å². The van der Waals surface area contributed by atoms with Gasteiger partial charge in [0.1, 0.15) is 6.04 Å². The molecule has 1 aliphatic heterocycles. The lowest BCUT2D eigenvalue weighted by Gasteiger charge is -2.29. The summed E-state index contributed by atoms with van der Waals surface area (Å²) in [5.41, 5.74) is 10.5. The van der Waals surface area contributed by atoms with Crippen molar-refractivity contribution < 1.29 is 24.6 Å². The van der Waals surface area contributed by atoms with Gasteiger partial charge in [-0.2, -0.15) is 0 Å². The van der Waals surface area contributed by atoms with Gasteiger partial charge in [0, 0.05) is 44.6 Å². The zero-order valence-electron chi connectivity index (χ0n) is 24.7. The second-order valence-electron chi connectivity index (χ2n) is 11.6. The first-order valence-corrected chi connectivity index (χ1v) is 14.4. The van der Waals surface area contributed by atoms with Gasteiger partial charge >= 0.3 is 6.03 Å². The first kappa shape index (κ1) is 31.7. The Morgan fingerprint density at radius 3 is 2.40 bits per heavy atom. The average Bonchev–Trinajstić information content (AvgIpc) is 3.11. The fourth-order valence-electron chi connectivity index (χ4n) is 5.29. The fraction of sp³-hybridized carbons (Fsp3) is 0.364. The number of urea groups is 1. The molecule has 0 aromatic heterocycles. The molecule has 0 unspecified atom stereocenters. The maximum absolute atomic E-state index is 13.8. The number of β-amino-alcohol motifs (C(OH)–C–C–N with tert-alkyl or cyclic N) is 1. The lowest BCUT2D eigenvalue weighted by molar-refractivity contribution is -0.137. The number of hydrogen-bond acceptors (Lipinski definition) is 6. The van der Waals surface area contributed by atoms with Gasteiger partial charge in [-0.05, 0) is 47.2 Å². The van der Waals surface area contributed by atoms with Crippen molar-refractivity contribution in [2.45, 2.75) is 64.0 Å². The number of hydrogen-bond donors (Lipinski definition) is 6. The Morgan fingerprint density at radius 1 is 1.02 bits per heavy atom. The predicted molar refractivity (Wildman–Crippen MR) is 164 cm³/mol. The molecule has 0 fully saturated rings. The van der Waals surface area contributed by atoms with Gasteiger partial charge < -0.3 is 36.8 Å². The number of nitrogens with zero attached hydrogens (tertiary/aromatic N) is 1. The number of amides is 4. The molecule has 0 saturated heterocycles. The Bertz CT molecular complexity index is 1430. The van der Waals surface area contributed by atoms with E-state index in [1.54, 1.807) is 4.90 Å². The van der Waals surface area contributed by atoms with Crippen LogP contribution in [-0.2, 0) is 35.6 Å². The minimum absolute atomic E-state index is 0.0917. The standard InChI is InChI=1S/C33H41N5O5/c1-33(2,36-18-27(40)21-39)16-30(41)37-29-15-24-7-3-4-9-26(24)20-38(31(29)42)19-22-11-13-23(14-12-22)28-10-6-5-8-25(28)17-35-32(34)43/h3-14,27,29,36,39-40H,15-21H2,1-2H3,(H,37,41)(H3,34,35,43)/t27-,29+/m0/s1. The molecule has 0 bridgehead atoms. The topological polar surface area (TPSA) is 157 Å². The Morgan fingerprint density at radius 2 is 1.70 bits per heavy atom. The molecule has 1 heterocycles. The Kier molecular flexibility index (Phi) is 10.5. The highest BCUT2D eigenvalue weighted by Gasteiger charge is 2.32. The molecule has 7 N–H and O–H groups in total. The van der Waals surface area contributed by atoms with Crippen LogP contribution in [0.25, 0.3) is 11.1 Å². The fourth-order valence-corrected chi connectivity index (χ4v) is 5.29. The molecule has 3 aromatic carbocycles. The molecule has 1 aliphatic rings. The molecule has 10 heteroatoms. The van der Waals surface area contributed by atoms with E-state index in [4.69, 9.17) is 10.8 Å². The van der Waals surface area contributed by atoms with Gasteiger partial charge in [0.25, 0.3) is 0 Å².